The zero-order valence-electron chi connectivity index (χ0n) is 18.0. The van der Waals surface area contributed by atoms with Crippen molar-refractivity contribution in [3.63, 3.8) is 0 Å². The molecule has 0 aliphatic carbocycles. The summed E-state index contributed by atoms with van der Waals surface area (Å²) in [5.74, 6) is 0.762. The van der Waals surface area contributed by atoms with E-state index in [2.05, 4.69) is 4.99 Å². The summed E-state index contributed by atoms with van der Waals surface area (Å²) in [6.45, 7) is -0.633. The summed E-state index contributed by atoms with van der Waals surface area (Å²) >= 11 is 0.992. The van der Waals surface area contributed by atoms with Gasteiger partial charge in [0.2, 0.25) is 0 Å². The number of amides is 1. The molecular weight excluding hydrogens is 486 g/mol. The topological polar surface area (TPSA) is 51.1 Å². The molecule has 1 saturated heterocycles. The standard InChI is InChI=1S/C22H18F6N2O3S/c1-29-19-18(34-20(31)30(19)2)9-12-4-7-16(17(8-12)32-3)33-11-13-5-6-14(21(23,24)25)10-15(13)22(26,27)28/h4-10H,11H2,1-3H3. The van der Waals surface area contributed by atoms with Gasteiger partial charge in [-0.3, -0.25) is 14.7 Å². The lowest BCUT2D eigenvalue weighted by molar-refractivity contribution is -0.143. The van der Waals surface area contributed by atoms with Crippen molar-refractivity contribution >= 4 is 28.9 Å². The number of aliphatic imine (C=N–C) groups is 1. The lowest BCUT2D eigenvalue weighted by Gasteiger charge is -2.17. The second-order valence-electron chi connectivity index (χ2n) is 7.05. The molecule has 12 heteroatoms. The van der Waals surface area contributed by atoms with Crippen LogP contribution in [0.2, 0.25) is 0 Å². The van der Waals surface area contributed by atoms with Crippen molar-refractivity contribution in [2.24, 2.45) is 4.99 Å². The summed E-state index contributed by atoms with van der Waals surface area (Å²) in [6.07, 6.45) is -8.22. The largest absolute Gasteiger partial charge is 0.493 e. The molecule has 1 amide bonds. The molecule has 0 saturated carbocycles. The van der Waals surface area contributed by atoms with Crippen molar-refractivity contribution in [3.05, 3.63) is 63.6 Å². The SMILES string of the molecule is CN=C1C(=Cc2ccc(OCc3ccc(C(F)(F)F)cc3C(F)(F)F)c(OC)c2)SC(=O)N1C. The number of amidine groups is 1. The molecule has 1 aliphatic rings. The molecule has 0 radical (unpaired) electrons. The molecule has 2 aromatic carbocycles. The van der Waals surface area contributed by atoms with Crippen LogP contribution in [0.3, 0.4) is 0 Å². The highest BCUT2D eigenvalue weighted by Crippen LogP contribution is 2.39. The molecule has 1 heterocycles. The highest BCUT2D eigenvalue weighted by atomic mass is 32.2. The van der Waals surface area contributed by atoms with E-state index in [-0.39, 0.29) is 22.8 Å². The van der Waals surface area contributed by atoms with Gasteiger partial charge in [0, 0.05) is 19.7 Å². The minimum Gasteiger partial charge on any atom is -0.493 e. The first-order valence-electron chi connectivity index (χ1n) is 9.57. The number of alkyl halides is 6. The third kappa shape index (κ3) is 5.49. The molecule has 34 heavy (non-hydrogen) atoms. The summed E-state index contributed by atoms with van der Waals surface area (Å²) < 4.78 is 89.4. The van der Waals surface area contributed by atoms with Gasteiger partial charge >= 0.3 is 12.4 Å². The Balaban J connectivity index is 1.86. The molecule has 0 spiro atoms. The Hall–Kier alpha value is -3.15. The summed E-state index contributed by atoms with van der Waals surface area (Å²) in [4.78, 5) is 18.0. The van der Waals surface area contributed by atoms with Crippen LogP contribution >= 0.6 is 11.8 Å². The van der Waals surface area contributed by atoms with E-state index in [4.69, 9.17) is 9.47 Å². The Kier molecular flexibility index (Phi) is 7.20. The Bertz CT molecular complexity index is 1160. The molecule has 0 unspecified atom stereocenters. The van der Waals surface area contributed by atoms with Crippen molar-refractivity contribution in [1.82, 2.24) is 4.90 Å². The summed E-state index contributed by atoms with van der Waals surface area (Å²) in [5, 5.41) is -0.198. The number of rotatable bonds is 5. The summed E-state index contributed by atoms with van der Waals surface area (Å²) in [5.41, 5.74) is -2.67. The van der Waals surface area contributed by atoms with E-state index in [1.807, 2.05) is 0 Å². The number of hydrogen-bond acceptors (Lipinski definition) is 5. The van der Waals surface area contributed by atoms with E-state index in [0.29, 0.717) is 22.4 Å². The quantitative estimate of drug-likeness (QED) is 0.438. The second-order valence-corrected chi connectivity index (χ2v) is 8.04. The average Bonchev–Trinajstić information content (AvgIpc) is 3.03. The first-order valence-corrected chi connectivity index (χ1v) is 10.4. The van der Waals surface area contributed by atoms with Crippen LogP contribution in [0.4, 0.5) is 31.1 Å². The van der Waals surface area contributed by atoms with Gasteiger partial charge in [-0.05, 0) is 47.7 Å². The zero-order chi connectivity index (χ0) is 25.3. The van der Waals surface area contributed by atoms with E-state index in [1.165, 1.54) is 18.1 Å². The van der Waals surface area contributed by atoms with Crippen LogP contribution in [0, 0.1) is 0 Å². The van der Waals surface area contributed by atoms with Gasteiger partial charge in [0.25, 0.3) is 5.24 Å². The molecule has 0 atom stereocenters. The smallest absolute Gasteiger partial charge is 0.416 e. The Labute approximate surface area is 195 Å². The number of nitrogens with zero attached hydrogens (tertiary/aromatic N) is 2. The number of carbonyl (C=O) groups excluding carboxylic acids is 1. The van der Waals surface area contributed by atoms with Crippen molar-refractivity contribution in [2.45, 2.75) is 19.0 Å². The monoisotopic (exact) mass is 504 g/mol. The Morgan fingerprint density at radius 2 is 1.74 bits per heavy atom. The molecule has 2 aromatic rings. The lowest BCUT2D eigenvalue weighted by atomic mass is 10.0. The maximum atomic E-state index is 13.4. The minimum atomic E-state index is -5.00. The Morgan fingerprint density at radius 1 is 1.03 bits per heavy atom. The van der Waals surface area contributed by atoms with Gasteiger partial charge in [0.05, 0.1) is 23.1 Å². The van der Waals surface area contributed by atoms with Gasteiger partial charge in [0.15, 0.2) is 11.5 Å². The van der Waals surface area contributed by atoms with Gasteiger partial charge in [0.1, 0.15) is 12.4 Å². The van der Waals surface area contributed by atoms with Gasteiger partial charge < -0.3 is 9.47 Å². The van der Waals surface area contributed by atoms with Crippen LogP contribution in [0.5, 0.6) is 11.5 Å². The van der Waals surface area contributed by atoms with Crippen LogP contribution in [0.1, 0.15) is 22.3 Å². The summed E-state index contributed by atoms with van der Waals surface area (Å²) in [6, 6.07) is 5.99. The van der Waals surface area contributed by atoms with Crippen LogP contribution < -0.4 is 9.47 Å². The fraction of sp³-hybridized carbons (Fsp3) is 0.273. The first-order chi connectivity index (χ1) is 15.8. The number of benzene rings is 2. The van der Waals surface area contributed by atoms with Crippen LogP contribution in [0.15, 0.2) is 46.3 Å². The molecule has 182 valence electrons. The van der Waals surface area contributed by atoms with Gasteiger partial charge in [-0.2, -0.15) is 26.3 Å². The maximum absolute atomic E-state index is 13.4. The predicted octanol–water partition coefficient (Wildman–Crippen LogP) is 6.48. The normalized spacial score (nSPS) is 17.1. The minimum absolute atomic E-state index is 0.0651. The number of likely N-dealkylation sites (N-methyl/N-ethyl adjacent to an activating group) is 1. The molecular formula is C22H18F6N2O3S. The highest BCUT2D eigenvalue weighted by molar-refractivity contribution is 8.18. The zero-order valence-corrected chi connectivity index (χ0v) is 18.9. The molecule has 1 fully saturated rings. The average molecular weight is 504 g/mol. The molecule has 5 nitrogen and oxygen atoms in total. The van der Waals surface area contributed by atoms with Crippen molar-refractivity contribution < 1.29 is 40.6 Å². The molecule has 3 rings (SSSR count). The maximum Gasteiger partial charge on any atom is 0.416 e. The van der Waals surface area contributed by atoms with Gasteiger partial charge in [-0.25, -0.2) is 0 Å². The van der Waals surface area contributed by atoms with Crippen LogP contribution in [0.25, 0.3) is 6.08 Å². The van der Waals surface area contributed by atoms with E-state index >= 15 is 0 Å². The fourth-order valence-electron chi connectivity index (χ4n) is 3.16. The van der Waals surface area contributed by atoms with E-state index < -0.39 is 35.6 Å². The number of hydrogen-bond donors (Lipinski definition) is 0. The third-order valence-electron chi connectivity index (χ3n) is 4.83. The molecule has 0 aromatic heterocycles. The number of methoxy groups -OCH3 is 1. The van der Waals surface area contributed by atoms with Crippen molar-refractivity contribution in [2.75, 3.05) is 21.2 Å². The van der Waals surface area contributed by atoms with E-state index in [1.54, 1.807) is 32.3 Å². The van der Waals surface area contributed by atoms with Crippen molar-refractivity contribution in [1.29, 1.82) is 0 Å². The third-order valence-corrected chi connectivity index (χ3v) is 5.80. The molecule has 0 bridgehead atoms. The number of ether oxygens (including phenoxy) is 2. The highest BCUT2D eigenvalue weighted by Gasteiger charge is 2.38. The number of halogens is 6. The molecule has 1 aliphatic heterocycles. The van der Waals surface area contributed by atoms with Crippen molar-refractivity contribution in [3.8, 4) is 11.5 Å². The second kappa shape index (κ2) is 9.61. The number of carbonyl (C=O) groups is 1. The van der Waals surface area contributed by atoms with E-state index in [0.717, 1.165) is 17.8 Å². The fourth-order valence-corrected chi connectivity index (χ4v) is 4.08. The number of thioether (sulfide) groups is 1. The van der Waals surface area contributed by atoms with Crippen LogP contribution in [-0.4, -0.2) is 37.2 Å². The van der Waals surface area contributed by atoms with E-state index in [9.17, 15) is 31.1 Å². The van der Waals surface area contributed by atoms with Gasteiger partial charge in [-0.15, -0.1) is 0 Å². The lowest BCUT2D eigenvalue weighted by Crippen LogP contribution is -2.22. The molecule has 0 N–H and O–H groups in total. The summed E-state index contributed by atoms with van der Waals surface area (Å²) in [7, 11) is 4.47. The Morgan fingerprint density at radius 3 is 2.32 bits per heavy atom. The van der Waals surface area contributed by atoms with Crippen LogP contribution in [-0.2, 0) is 19.0 Å². The predicted molar refractivity (Wildman–Crippen MR) is 116 cm³/mol. The first kappa shape index (κ1) is 25.5. The van der Waals surface area contributed by atoms with Gasteiger partial charge in [-0.1, -0.05) is 12.1 Å².